The van der Waals surface area contributed by atoms with Crippen LogP contribution in [0.3, 0.4) is 0 Å². The van der Waals surface area contributed by atoms with E-state index in [-0.39, 0.29) is 41.1 Å². The van der Waals surface area contributed by atoms with E-state index in [0.29, 0.717) is 13.1 Å². The van der Waals surface area contributed by atoms with Crippen molar-refractivity contribution in [2.45, 2.75) is 39.0 Å². The van der Waals surface area contributed by atoms with Crippen LogP contribution in [0.2, 0.25) is 0 Å². The highest BCUT2D eigenvalue weighted by Crippen LogP contribution is 2.24. The molecule has 1 aromatic carbocycles. The van der Waals surface area contributed by atoms with Gasteiger partial charge >= 0.3 is 0 Å². The summed E-state index contributed by atoms with van der Waals surface area (Å²) in [7, 11) is 0. The van der Waals surface area contributed by atoms with E-state index in [9.17, 15) is 9.18 Å². The van der Waals surface area contributed by atoms with Crippen molar-refractivity contribution in [2.75, 3.05) is 58.9 Å². The van der Waals surface area contributed by atoms with Crippen molar-refractivity contribution in [3.63, 3.8) is 0 Å². The maximum Gasteiger partial charge on any atom is 0.236 e. The van der Waals surface area contributed by atoms with Gasteiger partial charge < -0.3 is 15.1 Å². The number of piperazine rings is 1. The second-order valence-corrected chi connectivity index (χ2v) is 8.92. The molecule has 0 aliphatic carbocycles. The number of carbonyl (C=O) groups is 1. The molecule has 0 saturated carbocycles. The van der Waals surface area contributed by atoms with Gasteiger partial charge in [0.1, 0.15) is 5.82 Å². The second-order valence-electron chi connectivity index (χ2n) is 8.92. The van der Waals surface area contributed by atoms with Crippen LogP contribution in [0.1, 0.15) is 39.2 Å². The number of amides is 1. The van der Waals surface area contributed by atoms with Crippen molar-refractivity contribution >= 4 is 35.8 Å². The van der Waals surface area contributed by atoms with E-state index < -0.39 is 0 Å². The maximum absolute atomic E-state index is 13.6. The van der Waals surface area contributed by atoms with Gasteiger partial charge in [-0.25, -0.2) is 4.39 Å². The van der Waals surface area contributed by atoms with Gasteiger partial charge in [-0.2, -0.15) is 0 Å². The van der Waals surface area contributed by atoms with E-state index in [1.165, 1.54) is 6.07 Å². The molecule has 0 aromatic heterocycles. The highest BCUT2D eigenvalue weighted by molar-refractivity contribution is 14.0. The normalized spacial score (nSPS) is 18.1. The first-order valence-electron chi connectivity index (χ1n) is 11.2. The zero-order chi connectivity index (χ0) is 21.6. The number of likely N-dealkylation sites (tertiary alicyclic amines) is 1. The Morgan fingerprint density at radius 3 is 2.39 bits per heavy atom. The second kappa shape index (κ2) is 12.0. The van der Waals surface area contributed by atoms with E-state index >= 15 is 0 Å². The van der Waals surface area contributed by atoms with Crippen molar-refractivity contribution in [1.82, 2.24) is 20.0 Å². The fourth-order valence-corrected chi connectivity index (χ4v) is 4.07. The Morgan fingerprint density at radius 2 is 1.77 bits per heavy atom. The summed E-state index contributed by atoms with van der Waals surface area (Å²) in [6.45, 7) is 13.4. The number of rotatable bonds is 6. The third kappa shape index (κ3) is 7.30. The number of nitrogens with one attached hydrogen (secondary N) is 1. The monoisotopic (exact) mass is 545 g/mol. The molecule has 1 aromatic rings. The van der Waals surface area contributed by atoms with Crippen LogP contribution < -0.4 is 5.32 Å². The smallest absolute Gasteiger partial charge is 0.236 e. The average molecular weight is 545 g/mol. The minimum atomic E-state index is -0.257. The minimum absolute atomic E-state index is 0. The number of aliphatic imine (C=N–C) groups is 1. The van der Waals surface area contributed by atoms with Gasteiger partial charge in [0.25, 0.3) is 0 Å². The lowest BCUT2D eigenvalue weighted by molar-refractivity contribution is -0.131. The molecule has 8 heteroatoms. The number of benzene rings is 1. The van der Waals surface area contributed by atoms with Crippen molar-refractivity contribution in [3.8, 4) is 0 Å². The predicted octanol–water partition coefficient (Wildman–Crippen LogP) is 2.93. The van der Waals surface area contributed by atoms with Gasteiger partial charge in [-0.05, 0) is 37.5 Å². The van der Waals surface area contributed by atoms with E-state index in [4.69, 9.17) is 4.99 Å². The molecule has 2 aliphatic heterocycles. The Balaban J connectivity index is 0.00000341. The molecule has 6 nitrogen and oxygen atoms in total. The topological polar surface area (TPSA) is 51.2 Å². The molecule has 3 rings (SSSR count). The minimum Gasteiger partial charge on any atom is -0.357 e. The number of carbonyl (C=O) groups excluding carboxylic acids is 1. The average Bonchev–Trinajstić information content (AvgIpc) is 3.27. The van der Waals surface area contributed by atoms with Crippen molar-refractivity contribution < 1.29 is 9.18 Å². The Kier molecular flexibility index (Phi) is 9.99. The quantitative estimate of drug-likeness (QED) is 0.340. The number of halogens is 2. The molecular weight excluding hydrogens is 508 g/mol. The van der Waals surface area contributed by atoms with Crippen LogP contribution in [0.25, 0.3) is 0 Å². The molecule has 0 atom stereocenters. The Bertz CT molecular complexity index is 743. The lowest BCUT2D eigenvalue weighted by Crippen LogP contribution is -2.54. The van der Waals surface area contributed by atoms with Crippen LogP contribution in [0.5, 0.6) is 0 Å². The van der Waals surface area contributed by atoms with E-state index in [1.807, 2.05) is 11.0 Å². The molecule has 0 unspecified atom stereocenters. The van der Waals surface area contributed by atoms with Crippen LogP contribution in [0.4, 0.5) is 4.39 Å². The highest BCUT2D eigenvalue weighted by atomic mass is 127. The van der Waals surface area contributed by atoms with E-state index in [0.717, 1.165) is 70.2 Å². The zero-order valence-electron chi connectivity index (χ0n) is 19.1. The zero-order valence-corrected chi connectivity index (χ0v) is 21.4. The van der Waals surface area contributed by atoms with Gasteiger partial charge in [-0.15, -0.1) is 24.0 Å². The molecule has 2 aliphatic rings. The summed E-state index contributed by atoms with van der Waals surface area (Å²) < 4.78 is 13.6. The Hall–Kier alpha value is -1.42. The largest absolute Gasteiger partial charge is 0.357 e. The van der Waals surface area contributed by atoms with Crippen molar-refractivity contribution in [3.05, 3.63) is 35.6 Å². The summed E-state index contributed by atoms with van der Waals surface area (Å²) in [5, 5.41) is 3.40. The molecule has 31 heavy (non-hydrogen) atoms. The van der Waals surface area contributed by atoms with E-state index in [1.54, 1.807) is 12.1 Å². The van der Waals surface area contributed by atoms with Crippen LogP contribution in [-0.2, 0) is 10.2 Å². The number of guanidine groups is 1. The molecule has 174 valence electrons. The summed E-state index contributed by atoms with van der Waals surface area (Å²) >= 11 is 0. The van der Waals surface area contributed by atoms with Gasteiger partial charge in [0.2, 0.25) is 5.91 Å². The molecule has 1 amide bonds. The SMILES string of the molecule is CCNC(=NCC(C)(C)c1cccc(F)c1)N1CCN(CC(=O)N2CCCC2)CC1.I. The van der Waals surface area contributed by atoms with Gasteiger partial charge in [-0.3, -0.25) is 14.7 Å². The third-order valence-corrected chi connectivity index (χ3v) is 6.05. The lowest BCUT2D eigenvalue weighted by atomic mass is 9.85. The summed E-state index contributed by atoms with van der Waals surface area (Å²) in [5.41, 5.74) is 0.694. The summed E-state index contributed by atoms with van der Waals surface area (Å²) in [6, 6.07) is 6.78. The van der Waals surface area contributed by atoms with Gasteiger partial charge in [0.15, 0.2) is 5.96 Å². The van der Waals surface area contributed by atoms with Crippen molar-refractivity contribution in [2.24, 2.45) is 4.99 Å². The fraction of sp³-hybridized carbons (Fsp3) is 0.652. The summed E-state index contributed by atoms with van der Waals surface area (Å²) in [6.07, 6.45) is 2.27. The van der Waals surface area contributed by atoms with Gasteiger partial charge in [0, 0.05) is 51.2 Å². The molecule has 0 spiro atoms. The Labute approximate surface area is 203 Å². The molecule has 0 bridgehead atoms. The lowest BCUT2D eigenvalue weighted by Gasteiger charge is -2.37. The molecule has 2 saturated heterocycles. The first-order chi connectivity index (χ1) is 14.4. The third-order valence-electron chi connectivity index (χ3n) is 6.05. The van der Waals surface area contributed by atoms with Crippen LogP contribution >= 0.6 is 24.0 Å². The molecule has 2 heterocycles. The van der Waals surface area contributed by atoms with Crippen LogP contribution in [0.15, 0.2) is 29.3 Å². The highest BCUT2D eigenvalue weighted by Gasteiger charge is 2.26. The number of hydrogen-bond acceptors (Lipinski definition) is 3. The molecule has 0 radical (unpaired) electrons. The predicted molar refractivity (Wildman–Crippen MR) is 135 cm³/mol. The van der Waals surface area contributed by atoms with Crippen molar-refractivity contribution in [1.29, 1.82) is 0 Å². The molecular formula is C23H37FIN5O. The number of nitrogens with zero attached hydrogens (tertiary/aromatic N) is 4. The molecule has 1 N–H and O–H groups in total. The van der Waals surface area contributed by atoms with E-state index in [2.05, 4.69) is 35.9 Å². The van der Waals surface area contributed by atoms with Crippen LogP contribution in [-0.4, -0.2) is 85.5 Å². The van der Waals surface area contributed by atoms with Gasteiger partial charge in [0.05, 0.1) is 13.1 Å². The Morgan fingerprint density at radius 1 is 1.10 bits per heavy atom. The molecule has 2 fully saturated rings. The standard InChI is InChI=1S/C23H36FN5O.HI/c1-4-25-22(26-18-23(2,3)19-8-7-9-20(24)16-19)29-14-12-27(13-15-29)17-21(30)28-10-5-6-11-28;/h7-9,16H,4-6,10-15,17-18H2,1-3H3,(H,25,26);1H. The van der Waals surface area contributed by atoms with Crippen LogP contribution in [0, 0.1) is 5.82 Å². The summed E-state index contributed by atoms with van der Waals surface area (Å²) in [4.78, 5) is 23.8. The first kappa shape index (κ1) is 25.8. The summed E-state index contributed by atoms with van der Waals surface area (Å²) in [5.74, 6) is 0.946. The number of hydrogen-bond donors (Lipinski definition) is 1. The maximum atomic E-state index is 13.6. The fourth-order valence-electron chi connectivity index (χ4n) is 4.07. The first-order valence-corrected chi connectivity index (χ1v) is 11.2. The van der Waals surface area contributed by atoms with Gasteiger partial charge in [-0.1, -0.05) is 26.0 Å².